The van der Waals surface area contributed by atoms with Gasteiger partial charge in [0.05, 0.1) is 5.41 Å². The first-order chi connectivity index (χ1) is 9.58. The molecule has 0 saturated carbocycles. The Morgan fingerprint density at radius 3 is 2.50 bits per heavy atom. The molecule has 0 bridgehead atoms. The summed E-state index contributed by atoms with van der Waals surface area (Å²) in [5, 5.41) is 3.15. The van der Waals surface area contributed by atoms with Crippen molar-refractivity contribution in [2.24, 2.45) is 0 Å². The quantitative estimate of drug-likeness (QED) is 0.912. The second-order valence-electron chi connectivity index (χ2n) is 5.48. The van der Waals surface area contributed by atoms with Crippen LogP contribution in [0.3, 0.4) is 0 Å². The third-order valence-corrected chi connectivity index (χ3v) is 4.70. The van der Waals surface area contributed by atoms with Crippen molar-refractivity contribution in [2.75, 3.05) is 13.2 Å². The lowest BCUT2D eigenvalue weighted by Gasteiger charge is -2.37. The molecule has 1 atom stereocenters. The smallest absolute Gasteiger partial charge is 0.231 e. The Labute approximate surface area is 129 Å². The Kier molecular flexibility index (Phi) is 5.22. The van der Waals surface area contributed by atoms with Crippen molar-refractivity contribution in [1.82, 2.24) is 5.32 Å². The van der Waals surface area contributed by atoms with Crippen LogP contribution in [-0.4, -0.2) is 25.2 Å². The fourth-order valence-electron chi connectivity index (χ4n) is 2.60. The van der Waals surface area contributed by atoms with Crippen molar-refractivity contribution >= 4 is 21.8 Å². The second kappa shape index (κ2) is 6.72. The Bertz CT molecular complexity index is 452. The molecule has 1 fully saturated rings. The topological polar surface area (TPSA) is 38.3 Å². The maximum absolute atomic E-state index is 12.8. The lowest BCUT2D eigenvalue weighted by molar-refractivity contribution is -0.131. The highest BCUT2D eigenvalue weighted by Gasteiger charge is 2.41. The van der Waals surface area contributed by atoms with Gasteiger partial charge in [-0.3, -0.25) is 4.79 Å². The van der Waals surface area contributed by atoms with E-state index in [2.05, 4.69) is 28.2 Å². The van der Waals surface area contributed by atoms with E-state index in [9.17, 15) is 4.79 Å². The van der Waals surface area contributed by atoms with Crippen LogP contribution >= 0.6 is 15.9 Å². The molecule has 1 aromatic rings. The molecule has 0 spiro atoms. The van der Waals surface area contributed by atoms with E-state index in [0.29, 0.717) is 13.2 Å². The molecule has 4 heteroatoms. The predicted octanol–water partition coefficient (Wildman–Crippen LogP) is 3.41. The van der Waals surface area contributed by atoms with E-state index in [-0.39, 0.29) is 11.9 Å². The maximum atomic E-state index is 12.8. The van der Waals surface area contributed by atoms with Crippen LogP contribution in [-0.2, 0) is 14.9 Å². The van der Waals surface area contributed by atoms with Gasteiger partial charge in [-0.05, 0) is 43.9 Å². The highest BCUT2D eigenvalue weighted by atomic mass is 79.9. The van der Waals surface area contributed by atoms with Gasteiger partial charge in [-0.15, -0.1) is 0 Å². The van der Waals surface area contributed by atoms with Gasteiger partial charge in [0.25, 0.3) is 0 Å². The molecule has 1 amide bonds. The van der Waals surface area contributed by atoms with Crippen molar-refractivity contribution < 1.29 is 9.53 Å². The summed E-state index contributed by atoms with van der Waals surface area (Å²) in [6, 6.07) is 8.31. The Morgan fingerprint density at radius 2 is 1.95 bits per heavy atom. The summed E-state index contributed by atoms with van der Waals surface area (Å²) in [6.45, 7) is 5.42. The molecule has 1 aromatic carbocycles. The molecule has 1 N–H and O–H groups in total. The Balaban J connectivity index is 2.29. The van der Waals surface area contributed by atoms with Gasteiger partial charge < -0.3 is 10.1 Å². The fourth-order valence-corrected chi connectivity index (χ4v) is 2.86. The highest BCUT2D eigenvalue weighted by molar-refractivity contribution is 9.10. The van der Waals surface area contributed by atoms with Gasteiger partial charge >= 0.3 is 0 Å². The molecule has 3 nitrogen and oxygen atoms in total. The Morgan fingerprint density at radius 1 is 1.35 bits per heavy atom. The van der Waals surface area contributed by atoms with Crippen LogP contribution in [0.4, 0.5) is 0 Å². The van der Waals surface area contributed by atoms with Gasteiger partial charge in [0.15, 0.2) is 0 Å². The zero-order valence-electron chi connectivity index (χ0n) is 12.1. The Hall–Kier alpha value is -0.870. The number of ether oxygens (including phenoxy) is 1. The van der Waals surface area contributed by atoms with E-state index in [4.69, 9.17) is 4.74 Å². The average Bonchev–Trinajstić information content (AvgIpc) is 2.48. The number of amides is 1. The van der Waals surface area contributed by atoms with Crippen LogP contribution in [0.2, 0.25) is 0 Å². The average molecular weight is 340 g/mol. The number of carbonyl (C=O) groups excluding carboxylic acids is 1. The van der Waals surface area contributed by atoms with Crippen molar-refractivity contribution in [1.29, 1.82) is 0 Å². The van der Waals surface area contributed by atoms with Gasteiger partial charge in [-0.2, -0.15) is 0 Å². The van der Waals surface area contributed by atoms with E-state index in [1.54, 1.807) is 0 Å². The molecule has 0 radical (unpaired) electrons. The zero-order chi connectivity index (χ0) is 14.6. The summed E-state index contributed by atoms with van der Waals surface area (Å²) in [5.74, 6) is 0.137. The zero-order valence-corrected chi connectivity index (χ0v) is 13.7. The molecule has 1 unspecified atom stereocenters. The van der Waals surface area contributed by atoms with Crippen LogP contribution in [0.5, 0.6) is 0 Å². The lowest BCUT2D eigenvalue weighted by atomic mass is 9.73. The molecule has 1 aliphatic heterocycles. The number of hydrogen-bond donors (Lipinski definition) is 1. The van der Waals surface area contributed by atoms with E-state index in [1.807, 2.05) is 31.2 Å². The van der Waals surface area contributed by atoms with Crippen LogP contribution in [0, 0.1) is 0 Å². The third-order valence-electron chi connectivity index (χ3n) is 4.17. The van der Waals surface area contributed by atoms with E-state index in [1.165, 1.54) is 0 Å². The largest absolute Gasteiger partial charge is 0.381 e. The van der Waals surface area contributed by atoms with Crippen molar-refractivity contribution in [2.45, 2.75) is 44.6 Å². The fraction of sp³-hybridized carbons (Fsp3) is 0.562. The summed E-state index contributed by atoms with van der Waals surface area (Å²) >= 11 is 3.45. The summed E-state index contributed by atoms with van der Waals surface area (Å²) in [7, 11) is 0. The van der Waals surface area contributed by atoms with Gasteiger partial charge in [0, 0.05) is 23.7 Å². The first-order valence-corrected chi connectivity index (χ1v) is 8.02. The molecular formula is C16H22BrNO2. The molecule has 20 heavy (non-hydrogen) atoms. The first-order valence-electron chi connectivity index (χ1n) is 7.23. The number of hydrogen-bond acceptors (Lipinski definition) is 2. The highest BCUT2D eigenvalue weighted by Crippen LogP contribution is 2.36. The first kappa shape index (κ1) is 15.5. The molecule has 110 valence electrons. The normalized spacial score (nSPS) is 19.4. The van der Waals surface area contributed by atoms with E-state index < -0.39 is 5.41 Å². The minimum Gasteiger partial charge on any atom is -0.381 e. The lowest BCUT2D eigenvalue weighted by Crippen LogP contribution is -2.50. The number of rotatable bonds is 4. The number of nitrogens with one attached hydrogen (secondary N) is 1. The standard InChI is InChI=1S/C16H22BrNO2/c1-3-12(2)18-15(19)16(8-10-20-11-9-16)13-4-6-14(17)7-5-13/h4-7,12H,3,8-11H2,1-2H3,(H,18,19). The summed E-state index contributed by atoms with van der Waals surface area (Å²) in [6.07, 6.45) is 2.44. The van der Waals surface area contributed by atoms with Crippen LogP contribution in [0.25, 0.3) is 0 Å². The minimum absolute atomic E-state index is 0.137. The van der Waals surface area contributed by atoms with Gasteiger partial charge in [-0.25, -0.2) is 0 Å². The van der Waals surface area contributed by atoms with Gasteiger partial charge in [0.1, 0.15) is 0 Å². The van der Waals surface area contributed by atoms with E-state index >= 15 is 0 Å². The molecule has 0 aromatic heterocycles. The number of benzene rings is 1. The van der Waals surface area contributed by atoms with E-state index in [0.717, 1.165) is 29.3 Å². The SMILES string of the molecule is CCC(C)NC(=O)C1(c2ccc(Br)cc2)CCOCC1. The molecule has 0 aliphatic carbocycles. The monoisotopic (exact) mass is 339 g/mol. The molecule has 1 aliphatic rings. The molecule has 2 rings (SSSR count). The summed E-state index contributed by atoms with van der Waals surface area (Å²) in [5.41, 5.74) is 0.646. The minimum atomic E-state index is -0.442. The van der Waals surface area contributed by atoms with Gasteiger partial charge in [-0.1, -0.05) is 35.0 Å². The molecular weight excluding hydrogens is 318 g/mol. The number of carbonyl (C=O) groups is 1. The summed E-state index contributed by atoms with van der Waals surface area (Å²) < 4.78 is 6.50. The number of halogens is 1. The van der Waals surface area contributed by atoms with Crippen LogP contribution in [0.15, 0.2) is 28.7 Å². The second-order valence-corrected chi connectivity index (χ2v) is 6.40. The van der Waals surface area contributed by atoms with Crippen LogP contribution in [0.1, 0.15) is 38.7 Å². The van der Waals surface area contributed by atoms with Crippen LogP contribution < -0.4 is 5.32 Å². The molecule has 1 heterocycles. The summed E-state index contributed by atoms with van der Waals surface area (Å²) in [4.78, 5) is 12.8. The van der Waals surface area contributed by atoms with Crippen molar-refractivity contribution in [3.05, 3.63) is 34.3 Å². The van der Waals surface area contributed by atoms with Crippen molar-refractivity contribution in [3.63, 3.8) is 0 Å². The predicted molar refractivity (Wildman–Crippen MR) is 83.8 cm³/mol. The van der Waals surface area contributed by atoms with Gasteiger partial charge in [0.2, 0.25) is 5.91 Å². The third kappa shape index (κ3) is 3.23. The molecule has 1 saturated heterocycles. The van der Waals surface area contributed by atoms with Crippen molar-refractivity contribution in [3.8, 4) is 0 Å². The maximum Gasteiger partial charge on any atom is 0.231 e.